The summed E-state index contributed by atoms with van der Waals surface area (Å²) in [6.45, 7) is 6.79. The molecule has 5 nitrogen and oxygen atoms in total. The molecule has 0 radical (unpaired) electrons. The van der Waals surface area contributed by atoms with E-state index >= 15 is 0 Å². The Kier molecular flexibility index (Phi) is 7.62. The normalized spacial score (nSPS) is 13.3. The molecule has 7 heteroatoms. The number of ether oxygens (including phenoxy) is 1. The van der Waals surface area contributed by atoms with Crippen LogP contribution in [0, 0.1) is 11.6 Å². The summed E-state index contributed by atoms with van der Waals surface area (Å²) in [4.78, 5) is 26.5. The van der Waals surface area contributed by atoms with Gasteiger partial charge in [-0.15, -0.1) is 0 Å². The Labute approximate surface area is 215 Å². The number of carbonyl (C=O) groups is 2. The van der Waals surface area contributed by atoms with Crippen molar-refractivity contribution >= 4 is 11.9 Å². The summed E-state index contributed by atoms with van der Waals surface area (Å²) in [7, 11) is 0. The lowest BCUT2D eigenvalue weighted by atomic mass is 9.81. The molecule has 0 atom stereocenters. The molecule has 4 rings (SSSR count). The highest BCUT2D eigenvalue weighted by molar-refractivity contribution is 5.81. The first-order valence-corrected chi connectivity index (χ1v) is 12.4. The molecule has 1 heterocycles. The van der Waals surface area contributed by atoms with Gasteiger partial charge in [-0.25, -0.2) is 8.78 Å². The van der Waals surface area contributed by atoms with Crippen molar-refractivity contribution < 1.29 is 28.2 Å². The van der Waals surface area contributed by atoms with Crippen molar-refractivity contribution in [1.29, 1.82) is 0 Å². The maximum absolute atomic E-state index is 14.9. The van der Waals surface area contributed by atoms with Crippen LogP contribution >= 0.6 is 0 Å². The summed E-state index contributed by atoms with van der Waals surface area (Å²) >= 11 is 0. The molecule has 0 unspecified atom stereocenters. The number of nitrogens with zero attached hydrogens (tertiary/aromatic N) is 1. The fourth-order valence-corrected chi connectivity index (χ4v) is 4.94. The van der Waals surface area contributed by atoms with Crippen molar-refractivity contribution in [1.82, 2.24) is 4.90 Å². The van der Waals surface area contributed by atoms with Crippen molar-refractivity contribution in [2.24, 2.45) is 0 Å². The third-order valence-electron chi connectivity index (χ3n) is 6.92. The maximum Gasteiger partial charge on any atom is 0.307 e. The molecular weight excluding hydrogens is 476 g/mol. The van der Waals surface area contributed by atoms with E-state index in [-0.39, 0.29) is 36.9 Å². The Morgan fingerprint density at radius 3 is 2.41 bits per heavy atom. The number of hydrogen-bond acceptors (Lipinski definition) is 3. The molecule has 0 saturated carbocycles. The maximum atomic E-state index is 14.9. The molecular formula is C30H31F2NO4. The lowest BCUT2D eigenvalue weighted by Gasteiger charge is -2.34. The number of halogens is 2. The van der Waals surface area contributed by atoms with Crippen LogP contribution in [0.5, 0.6) is 5.75 Å². The van der Waals surface area contributed by atoms with Crippen LogP contribution in [0.2, 0.25) is 0 Å². The van der Waals surface area contributed by atoms with Crippen LogP contribution in [0.25, 0.3) is 11.1 Å². The SMILES string of the molecule is CCOc1ccc(CC(=O)O)cc1-c1ccc(F)c2c1CN(C(=O)CC(C)(C)c1ccc(F)cc1)CC2. The number of aliphatic carboxylic acids is 1. The minimum absolute atomic E-state index is 0.0696. The summed E-state index contributed by atoms with van der Waals surface area (Å²) < 4.78 is 34.1. The van der Waals surface area contributed by atoms with Crippen molar-refractivity contribution in [3.63, 3.8) is 0 Å². The smallest absolute Gasteiger partial charge is 0.307 e. The van der Waals surface area contributed by atoms with Crippen LogP contribution in [-0.4, -0.2) is 35.0 Å². The lowest BCUT2D eigenvalue weighted by molar-refractivity contribution is -0.136. The zero-order chi connectivity index (χ0) is 26.7. The number of amides is 1. The predicted molar refractivity (Wildman–Crippen MR) is 138 cm³/mol. The van der Waals surface area contributed by atoms with Gasteiger partial charge < -0.3 is 14.7 Å². The molecule has 3 aromatic carbocycles. The van der Waals surface area contributed by atoms with Crippen LogP contribution < -0.4 is 4.74 Å². The van der Waals surface area contributed by atoms with Gasteiger partial charge >= 0.3 is 5.97 Å². The van der Waals surface area contributed by atoms with E-state index < -0.39 is 11.4 Å². The molecule has 0 aliphatic carbocycles. The third-order valence-corrected chi connectivity index (χ3v) is 6.92. The number of carbonyl (C=O) groups excluding carboxylic acids is 1. The summed E-state index contributed by atoms with van der Waals surface area (Å²) in [5.74, 6) is -1.09. The van der Waals surface area contributed by atoms with E-state index in [0.29, 0.717) is 47.6 Å². The molecule has 0 fully saturated rings. The number of hydrogen-bond donors (Lipinski definition) is 1. The molecule has 194 valence electrons. The van der Waals surface area contributed by atoms with Crippen molar-refractivity contribution in [2.75, 3.05) is 13.2 Å². The second-order valence-electron chi connectivity index (χ2n) is 10.0. The lowest BCUT2D eigenvalue weighted by Crippen LogP contribution is -2.39. The quantitative estimate of drug-likeness (QED) is 0.412. The van der Waals surface area contributed by atoms with Crippen LogP contribution in [0.15, 0.2) is 54.6 Å². The van der Waals surface area contributed by atoms with Gasteiger partial charge in [0.1, 0.15) is 17.4 Å². The third kappa shape index (κ3) is 5.82. The van der Waals surface area contributed by atoms with Gasteiger partial charge in [0.05, 0.1) is 13.0 Å². The number of rotatable bonds is 8. The van der Waals surface area contributed by atoms with E-state index in [0.717, 1.165) is 11.1 Å². The highest BCUT2D eigenvalue weighted by atomic mass is 19.1. The molecule has 1 N–H and O–H groups in total. The molecule has 0 bridgehead atoms. The van der Waals surface area contributed by atoms with Crippen molar-refractivity contribution in [3.05, 3.63) is 88.5 Å². The second kappa shape index (κ2) is 10.7. The van der Waals surface area contributed by atoms with Gasteiger partial charge in [0.25, 0.3) is 0 Å². The van der Waals surface area contributed by atoms with Gasteiger partial charge in [0.15, 0.2) is 0 Å². The van der Waals surface area contributed by atoms with Crippen LogP contribution in [-0.2, 0) is 34.4 Å². The first kappa shape index (κ1) is 26.3. The predicted octanol–water partition coefficient (Wildman–Crippen LogP) is 5.91. The molecule has 0 spiro atoms. The van der Waals surface area contributed by atoms with E-state index in [9.17, 15) is 23.5 Å². The van der Waals surface area contributed by atoms with Crippen LogP contribution in [0.1, 0.15) is 49.4 Å². The molecule has 3 aromatic rings. The van der Waals surface area contributed by atoms with E-state index in [4.69, 9.17) is 4.74 Å². The molecule has 0 aromatic heterocycles. The minimum Gasteiger partial charge on any atom is -0.493 e. The van der Waals surface area contributed by atoms with Gasteiger partial charge in [0.2, 0.25) is 5.91 Å². The van der Waals surface area contributed by atoms with Gasteiger partial charge in [-0.1, -0.05) is 38.1 Å². The van der Waals surface area contributed by atoms with Gasteiger partial charge in [-0.2, -0.15) is 0 Å². The van der Waals surface area contributed by atoms with Crippen molar-refractivity contribution in [2.45, 2.75) is 52.0 Å². The fourth-order valence-electron chi connectivity index (χ4n) is 4.94. The van der Waals surface area contributed by atoms with E-state index in [1.165, 1.54) is 18.2 Å². The molecule has 0 saturated heterocycles. The largest absolute Gasteiger partial charge is 0.493 e. The molecule has 1 aliphatic rings. The Bertz CT molecular complexity index is 1320. The van der Waals surface area contributed by atoms with Crippen LogP contribution in [0.4, 0.5) is 8.78 Å². The summed E-state index contributed by atoms with van der Waals surface area (Å²) in [5, 5.41) is 9.27. The average Bonchev–Trinajstić information content (AvgIpc) is 2.85. The zero-order valence-corrected chi connectivity index (χ0v) is 21.3. The Hall–Kier alpha value is -3.74. The number of benzene rings is 3. The Morgan fingerprint density at radius 1 is 1.00 bits per heavy atom. The van der Waals surface area contributed by atoms with E-state index in [2.05, 4.69) is 0 Å². The monoisotopic (exact) mass is 507 g/mol. The van der Waals surface area contributed by atoms with Gasteiger partial charge in [-0.3, -0.25) is 9.59 Å². The van der Waals surface area contributed by atoms with E-state index in [1.54, 1.807) is 41.3 Å². The zero-order valence-electron chi connectivity index (χ0n) is 21.3. The highest BCUT2D eigenvalue weighted by Crippen LogP contribution is 2.38. The molecule has 1 amide bonds. The number of carboxylic acid groups (broad SMARTS) is 1. The first-order chi connectivity index (χ1) is 17.6. The molecule has 1 aliphatic heterocycles. The highest BCUT2D eigenvalue weighted by Gasteiger charge is 2.31. The number of fused-ring (bicyclic) bond motifs is 1. The minimum atomic E-state index is -0.947. The summed E-state index contributed by atoms with van der Waals surface area (Å²) in [6, 6.07) is 14.5. The van der Waals surface area contributed by atoms with Gasteiger partial charge in [0, 0.05) is 25.1 Å². The number of carboxylic acids is 1. The summed E-state index contributed by atoms with van der Waals surface area (Å²) in [5.41, 5.74) is 3.62. The van der Waals surface area contributed by atoms with Gasteiger partial charge in [-0.05, 0) is 76.9 Å². The van der Waals surface area contributed by atoms with Crippen LogP contribution in [0.3, 0.4) is 0 Å². The fraction of sp³-hybridized carbons (Fsp3) is 0.333. The average molecular weight is 508 g/mol. The standard InChI is InChI=1S/C30H31F2NO4/c1-4-37-27-12-5-19(16-29(35)36)15-24(27)22-10-11-26(32)23-13-14-33(18-25(22)23)28(34)17-30(2,3)20-6-8-21(31)9-7-20/h5-12,15H,4,13-14,16-18H2,1-3H3,(H,35,36). The Morgan fingerprint density at radius 2 is 1.73 bits per heavy atom. The van der Waals surface area contributed by atoms with E-state index in [1.807, 2.05) is 20.8 Å². The Balaban J connectivity index is 1.67. The summed E-state index contributed by atoms with van der Waals surface area (Å²) in [6.07, 6.45) is 0.444. The second-order valence-corrected chi connectivity index (χ2v) is 10.0. The van der Waals surface area contributed by atoms with Crippen molar-refractivity contribution in [3.8, 4) is 16.9 Å². The topological polar surface area (TPSA) is 66.8 Å². The molecule has 37 heavy (non-hydrogen) atoms. The first-order valence-electron chi connectivity index (χ1n) is 12.4.